The minimum absolute atomic E-state index is 0.189. The van der Waals surface area contributed by atoms with Crippen LogP contribution in [-0.2, 0) is 4.79 Å². The van der Waals surface area contributed by atoms with Gasteiger partial charge in [-0.15, -0.1) is 0 Å². The van der Waals surface area contributed by atoms with Crippen molar-refractivity contribution in [3.63, 3.8) is 0 Å². The standard InChI is InChI=1S/C14H12ClN3O5/c1-2-12(19)16-8-3-4-9(15)10(7-8)17-14(20)11-5-6-13(23-11)18(21)22/h3-7H,2H2,1H3,(H,16,19)(H,17,20). The Bertz CT molecular complexity index is 772. The van der Waals surface area contributed by atoms with Gasteiger partial charge in [-0.25, -0.2) is 0 Å². The number of furan rings is 1. The lowest BCUT2D eigenvalue weighted by atomic mass is 10.2. The number of hydrogen-bond acceptors (Lipinski definition) is 5. The summed E-state index contributed by atoms with van der Waals surface area (Å²) < 4.78 is 4.81. The summed E-state index contributed by atoms with van der Waals surface area (Å²) in [5, 5.41) is 15.9. The summed E-state index contributed by atoms with van der Waals surface area (Å²) in [6.45, 7) is 1.71. The highest BCUT2D eigenvalue weighted by Crippen LogP contribution is 2.27. The molecule has 1 aromatic heterocycles. The van der Waals surface area contributed by atoms with E-state index >= 15 is 0 Å². The van der Waals surface area contributed by atoms with Crippen molar-refractivity contribution in [3.8, 4) is 0 Å². The minimum Gasteiger partial charge on any atom is -0.395 e. The topological polar surface area (TPSA) is 114 Å². The van der Waals surface area contributed by atoms with E-state index in [1.54, 1.807) is 13.0 Å². The van der Waals surface area contributed by atoms with Crippen LogP contribution in [0.1, 0.15) is 23.9 Å². The first-order valence-electron chi connectivity index (χ1n) is 6.55. The number of rotatable bonds is 5. The van der Waals surface area contributed by atoms with Gasteiger partial charge in [0.2, 0.25) is 5.91 Å². The Kier molecular flexibility index (Phi) is 4.97. The van der Waals surface area contributed by atoms with E-state index in [0.717, 1.165) is 6.07 Å². The van der Waals surface area contributed by atoms with Gasteiger partial charge in [-0.05, 0) is 24.3 Å². The first-order chi connectivity index (χ1) is 10.9. The summed E-state index contributed by atoms with van der Waals surface area (Å²) in [6, 6.07) is 6.83. The van der Waals surface area contributed by atoms with Crippen LogP contribution >= 0.6 is 11.6 Å². The molecule has 2 N–H and O–H groups in total. The molecule has 0 saturated carbocycles. The van der Waals surface area contributed by atoms with E-state index < -0.39 is 16.7 Å². The molecule has 2 amide bonds. The molecule has 9 heteroatoms. The predicted molar refractivity (Wildman–Crippen MR) is 83.7 cm³/mol. The Morgan fingerprint density at radius 2 is 2.00 bits per heavy atom. The molecule has 0 radical (unpaired) electrons. The number of benzene rings is 1. The fourth-order valence-corrected chi connectivity index (χ4v) is 1.84. The molecule has 8 nitrogen and oxygen atoms in total. The van der Waals surface area contributed by atoms with Crippen LogP contribution in [0.2, 0.25) is 5.02 Å². The van der Waals surface area contributed by atoms with Crippen LogP contribution < -0.4 is 10.6 Å². The molecular weight excluding hydrogens is 326 g/mol. The lowest BCUT2D eigenvalue weighted by molar-refractivity contribution is -0.402. The molecule has 0 atom stereocenters. The van der Waals surface area contributed by atoms with E-state index in [-0.39, 0.29) is 22.4 Å². The Hall–Kier alpha value is -2.87. The van der Waals surface area contributed by atoms with Gasteiger partial charge in [0.15, 0.2) is 5.76 Å². The van der Waals surface area contributed by atoms with Crippen LogP contribution in [0.25, 0.3) is 0 Å². The molecule has 2 rings (SSSR count). The Morgan fingerprint density at radius 3 is 2.61 bits per heavy atom. The number of nitro groups is 1. The Morgan fingerprint density at radius 1 is 1.26 bits per heavy atom. The van der Waals surface area contributed by atoms with Gasteiger partial charge in [-0.2, -0.15) is 0 Å². The number of carbonyl (C=O) groups is 2. The lowest BCUT2D eigenvalue weighted by Gasteiger charge is -2.09. The third kappa shape index (κ3) is 4.07. The number of halogens is 1. The summed E-state index contributed by atoms with van der Waals surface area (Å²) in [5.41, 5.74) is 0.701. The van der Waals surface area contributed by atoms with Crippen molar-refractivity contribution < 1.29 is 18.9 Å². The van der Waals surface area contributed by atoms with E-state index in [4.69, 9.17) is 16.0 Å². The molecule has 1 heterocycles. The van der Waals surface area contributed by atoms with Gasteiger partial charge in [0.1, 0.15) is 4.92 Å². The zero-order chi connectivity index (χ0) is 17.0. The van der Waals surface area contributed by atoms with Crippen LogP contribution in [0.15, 0.2) is 34.7 Å². The smallest absolute Gasteiger partial charge is 0.395 e. The second-order valence-electron chi connectivity index (χ2n) is 4.45. The molecule has 1 aromatic carbocycles. The summed E-state index contributed by atoms with van der Waals surface area (Å²) in [4.78, 5) is 33.2. The fraction of sp³-hybridized carbons (Fsp3) is 0.143. The van der Waals surface area contributed by atoms with Crippen LogP contribution in [0.4, 0.5) is 17.3 Å². The quantitative estimate of drug-likeness (QED) is 0.640. The molecule has 0 saturated heterocycles. The van der Waals surface area contributed by atoms with Gasteiger partial charge < -0.3 is 15.1 Å². The molecule has 0 aliphatic heterocycles. The molecule has 0 bridgehead atoms. The van der Waals surface area contributed by atoms with Gasteiger partial charge in [0.25, 0.3) is 5.91 Å². The zero-order valence-corrected chi connectivity index (χ0v) is 12.7. The number of nitrogens with zero attached hydrogens (tertiary/aromatic N) is 1. The van der Waals surface area contributed by atoms with Crippen molar-refractivity contribution in [2.75, 3.05) is 10.6 Å². The van der Waals surface area contributed by atoms with Crippen LogP contribution in [0.5, 0.6) is 0 Å². The molecule has 23 heavy (non-hydrogen) atoms. The van der Waals surface area contributed by atoms with Crippen LogP contribution in [0.3, 0.4) is 0 Å². The molecule has 0 unspecified atom stereocenters. The maximum absolute atomic E-state index is 12.0. The monoisotopic (exact) mass is 337 g/mol. The summed E-state index contributed by atoms with van der Waals surface area (Å²) >= 11 is 5.99. The van der Waals surface area contributed by atoms with Crippen LogP contribution in [-0.4, -0.2) is 16.7 Å². The number of amides is 2. The number of anilines is 2. The first-order valence-corrected chi connectivity index (χ1v) is 6.93. The molecule has 120 valence electrons. The highest BCUT2D eigenvalue weighted by Gasteiger charge is 2.18. The third-order valence-electron chi connectivity index (χ3n) is 2.81. The Labute approximate surface area is 135 Å². The van der Waals surface area contributed by atoms with Crippen molar-refractivity contribution >= 4 is 40.7 Å². The van der Waals surface area contributed by atoms with E-state index in [0.29, 0.717) is 12.1 Å². The van der Waals surface area contributed by atoms with Crippen molar-refractivity contribution in [1.29, 1.82) is 0 Å². The maximum atomic E-state index is 12.0. The average Bonchev–Trinajstić information content (AvgIpc) is 3.00. The SMILES string of the molecule is CCC(=O)Nc1ccc(Cl)c(NC(=O)c2ccc([N+](=O)[O-])o2)c1. The highest BCUT2D eigenvalue weighted by atomic mass is 35.5. The van der Waals surface area contributed by atoms with Gasteiger partial charge in [-0.1, -0.05) is 18.5 Å². The van der Waals surface area contributed by atoms with E-state index in [1.165, 1.54) is 18.2 Å². The normalized spacial score (nSPS) is 10.2. The van der Waals surface area contributed by atoms with E-state index in [1.807, 2.05) is 0 Å². The van der Waals surface area contributed by atoms with Crippen LogP contribution in [0, 0.1) is 10.1 Å². The van der Waals surface area contributed by atoms with Crippen molar-refractivity contribution in [2.45, 2.75) is 13.3 Å². The second-order valence-corrected chi connectivity index (χ2v) is 4.85. The lowest BCUT2D eigenvalue weighted by Crippen LogP contribution is -2.13. The maximum Gasteiger partial charge on any atom is 0.433 e. The Balaban J connectivity index is 2.17. The number of hydrogen-bond donors (Lipinski definition) is 2. The van der Waals surface area contributed by atoms with Gasteiger partial charge in [-0.3, -0.25) is 19.7 Å². The molecular formula is C14H12ClN3O5. The number of carbonyl (C=O) groups excluding carboxylic acids is 2. The fourth-order valence-electron chi connectivity index (χ4n) is 1.68. The molecule has 0 aliphatic rings. The molecule has 0 aliphatic carbocycles. The second kappa shape index (κ2) is 6.93. The predicted octanol–water partition coefficient (Wildman–Crippen LogP) is 3.44. The molecule has 0 spiro atoms. The largest absolute Gasteiger partial charge is 0.433 e. The number of nitrogens with one attached hydrogen (secondary N) is 2. The van der Waals surface area contributed by atoms with E-state index in [2.05, 4.69) is 10.6 Å². The third-order valence-corrected chi connectivity index (χ3v) is 3.14. The average molecular weight is 338 g/mol. The van der Waals surface area contributed by atoms with Gasteiger partial charge >= 0.3 is 5.88 Å². The highest BCUT2D eigenvalue weighted by molar-refractivity contribution is 6.34. The summed E-state index contributed by atoms with van der Waals surface area (Å²) in [7, 11) is 0. The van der Waals surface area contributed by atoms with Crippen molar-refractivity contribution in [3.05, 3.63) is 51.2 Å². The molecule has 2 aromatic rings. The minimum atomic E-state index is -0.745. The van der Waals surface area contributed by atoms with Gasteiger partial charge in [0.05, 0.1) is 16.8 Å². The van der Waals surface area contributed by atoms with Gasteiger partial charge in [0, 0.05) is 12.1 Å². The van der Waals surface area contributed by atoms with Crippen molar-refractivity contribution in [1.82, 2.24) is 0 Å². The zero-order valence-electron chi connectivity index (χ0n) is 12.0. The van der Waals surface area contributed by atoms with Crippen molar-refractivity contribution in [2.24, 2.45) is 0 Å². The van der Waals surface area contributed by atoms with E-state index in [9.17, 15) is 19.7 Å². The first kappa shape index (κ1) is 16.5. The molecule has 0 fully saturated rings. The summed E-state index contributed by atoms with van der Waals surface area (Å²) in [6.07, 6.45) is 0.306. The summed E-state index contributed by atoms with van der Waals surface area (Å²) in [5.74, 6) is -1.65.